The molecule has 1 N–H and O–H groups in total. The number of nitrogens with one attached hydrogen (secondary N) is 1. The Hall–Kier alpha value is -0.120. The fourth-order valence-corrected chi connectivity index (χ4v) is 4.04. The molecule has 3 aliphatic rings. The van der Waals surface area contributed by atoms with Crippen LogP contribution in [0, 0.1) is 11.8 Å². The van der Waals surface area contributed by atoms with Crippen molar-refractivity contribution in [1.82, 2.24) is 15.1 Å². The number of hydrogen-bond acceptors (Lipinski definition) is 3. The molecule has 110 valence electrons. The molecule has 3 rings (SSSR count). The predicted octanol–water partition coefficient (Wildman–Crippen LogP) is 1.79. The van der Waals surface area contributed by atoms with Gasteiger partial charge in [-0.2, -0.15) is 0 Å². The zero-order valence-corrected chi connectivity index (χ0v) is 12.6. The highest BCUT2D eigenvalue weighted by Crippen LogP contribution is 2.25. The average molecular weight is 265 g/mol. The van der Waals surface area contributed by atoms with Gasteiger partial charge in [-0.25, -0.2) is 0 Å². The third-order valence-corrected chi connectivity index (χ3v) is 5.68. The summed E-state index contributed by atoms with van der Waals surface area (Å²) in [6.07, 6.45) is 7.12. The van der Waals surface area contributed by atoms with Crippen molar-refractivity contribution < 1.29 is 0 Å². The highest BCUT2D eigenvalue weighted by atomic mass is 15.2. The van der Waals surface area contributed by atoms with Crippen LogP contribution >= 0.6 is 0 Å². The minimum absolute atomic E-state index is 0.897. The van der Waals surface area contributed by atoms with Crippen LogP contribution in [-0.2, 0) is 0 Å². The summed E-state index contributed by atoms with van der Waals surface area (Å²) in [6, 6.07) is 0.897. The second-order valence-electron chi connectivity index (χ2n) is 6.94. The van der Waals surface area contributed by atoms with Crippen molar-refractivity contribution in [3.63, 3.8) is 0 Å². The van der Waals surface area contributed by atoms with Gasteiger partial charge in [0, 0.05) is 25.7 Å². The third-order valence-electron chi connectivity index (χ3n) is 5.68. The number of piperidine rings is 2. The predicted molar refractivity (Wildman–Crippen MR) is 80.4 cm³/mol. The summed E-state index contributed by atoms with van der Waals surface area (Å²) in [4.78, 5) is 5.51. The first-order chi connectivity index (χ1) is 9.35. The molecule has 3 nitrogen and oxygen atoms in total. The van der Waals surface area contributed by atoms with E-state index in [2.05, 4.69) is 22.0 Å². The first-order valence-corrected chi connectivity index (χ1v) is 8.52. The SMILES string of the molecule is CCC1CCN(C2CCN(CC3CNC3)CC2)CC1. The molecule has 3 saturated heterocycles. The van der Waals surface area contributed by atoms with Crippen molar-refractivity contribution in [3.8, 4) is 0 Å². The Morgan fingerprint density at radius 1 is 0.895 bits per heavy atom. The molecule has 0 saturated carbocycles. The van der Waals surface area contributed by atoms with Crippen LogP contribution in [0.25, 0.3) is 0 Å². The summed E-state index contributed by atoms with van der Waals surface area (Å²) in [5.74, 6) is 1.96. The Kier molecular flexibility index (Phi) is 4.78. The first kappa shape index (κ1) is 13.8. The average Bonchev–Trinajstić information content (AvgIpc) is 2.44. The molecule has 0 radical (unpaired) electrons. The van der Waals surface area contributed by atoms with Crippen molar-refractivity contribution >= 4 is 0 Å². The van der Waals surface area contributed by atoms with Crippen LogP contribution in [0.2, 0.25) is 0 Å². The van der Waals surface area contributed by atoms with Crippen LogP contribution in [-0.4, -0.2) is 61.7 Å². The van der Waals surface area contributed by atoms with Gasteiger partial charge in [0.25, 0.3) is 0 Å². The molecule has 0 bridgehead atoms. The van der Waals surface area contributed by atoms with Gasteiger partial charge in [-0.05, 0) is 63.7 Å². The first-order valence-electron chi connectivity index (χ1n) is 8.52. The van der Waals surface area contributed by atoms with E-state index in [1.54, 1.807) is 0 Å². The lowest BCUT2D eigenvalue weighted by atomic mass is 9.91. The van der Waals surface area contributed by atoms with Crippen LogP contribution in [0.4, 0.5) is 0 Å². The van der Waals surface area contributed by atoms with Crippen molar-refractivity contribution in [2.24, 2.45) is 11.8 Å². The van der Waals surface area contributed by atoms with E-state index in [-0.39, 0.29) is 0 Å². The summed E-state index contributed by atoms with van der Waals surface area (Å²) in [6.45, 7) is 11.6. The monoisotopic (exact) mass is 265 g/mol. The smallest absolute Gasteiger partial charge is 0.0120 e. The zero-order valence-electron chi connectivity index (χ0n) is 12.6. The van der Waals surface area contributed by atoms with E-state index < -0.39 is 0 Å². The maximum atomic E-state index is 3.39. The summed E-state index contributed by atoms with van der Waals surface area (Å²) < 4.78 is 0. The zero-order chi connectivity index (χ0) is 13.1. The molecule has 0 aromatic heterocycles. The van der Waals surface area contributed by atoms with Crippen LogP contribution < -0.4 is 5.32 Å². The normalized spacial score (nSPS) is 29.5. The molecular weight excluding hydrogens is 234 g/mol. The molecule has 19 heavy (non-hydrogen) atoms. The maximum Gasteiger partial charge on any atom is 0.0120 e. The Morgan fingerprint density at radius 3 is 2.11 bits per heavy atom. The van der Waals surface area contributed by atoms with Gasteiger partial charge in [0.05, 0.1) is 0 Å². The molecular formula is C16H31N3. The van der Waals surface area contributed by atoms with Crippen LogP contribution in [0.15, 0.2) is 0 Å². The van der Waals surface area contributed by atoms with E-state index in [4.69, 9.17) is 0 Å². The van der Waals surface area contributed by atoms with Gasteiger partial charge in [0.15, 0.2) is 0 Å². The van der Waals surface area contributed by atoms with Crippen molar-refractivity contribution in [2.75, 3.05) is 45.8 Å². The molecule has 0 aromatic rings. The molecule has 0 spiro atoms. The Morgan fingerprint density at radius 2 is 1.58 bits per heavy atom. The van der Waals surface area contributed by atoms with Gasteiger partial charge >= 0.3 is 0 Å². The Bertz CT molecular complexity index is 261. The number of nitrogens with zero attached hydrogens (tertiary/aromatic N) is 2. The molecule has 0 atom stereocenters. The summed E-state index contributed by atoms with van der Waals surface area (Å²) >= 11 is 0. The van der Waals surface area contributed by atoms with Gasteiger partial charge in [-0.1, -0.05) is 13.3 Å². The number of hydrogen-bond donors (Lipinski definition) is 1. The quantitative estimate of drug-likeness (QED) is 0.836. The molecule has 0 amide bonds. The van der Waals surface area contributed by atoms with Crippen molar-refractivity contribution in [2.45, 2.75) is 45.1 Å². The fourth-order valence-electron chi connectivity index (χ4n) is 4.04. The highest BCUT2D eigenvalue weighted by Gasteiger charge is 2.29. The van der Waals surface area contributed by atoms with Gasteiger partial charge in [0.1, 0.15) is 0 Å². The molecule has 0 unspecified atom stereocenters. The largest absolute Gasteiger partial charge is 0.316 e. The third kappa shape index (κ3) is 3.50. The van der Waals surface area contributed by atoms with Gasteiger partial charge in [0.2, 0.25) is 0 Å². The lowest BCUT2D eigenvalue weighted by molar-refractivity contribution is 0.0676. The minimum Gasteiger partial charge on any atom is -0.316 e. The van der Waals surface area contributed by atoms with E-state index in [1.807, 2.05) is 0 Å². The summed E-state index contributed by atoms with van der Waals surface area (Å²) in [7, 11) is 0. The molecule has 0 aliphatic carbocycles. The molecule has 3 aliphatic heterocycles. The topological polar surface area (TPSA) is 18.5 Å². The Balaban J connectivity index is 1.37. The van der Waals surface area contributed by atoms with E-state index in [1.165, 1.54) is 77.9 Å². The number of likely N-dealkylation sites (tertiary alicyclic amines) is 2. The molecule has 3 fully saturated rings. The number of rotatable bonds is 4. The Labute approximate surface area is 118 Å². The van der Waals surface area contributed by atoms with Gasteiger partial charge in [-0.15, -0.1) is 0 Å². The highest BCUT2D eigenvalue weighted by molar-refractivity contribution is 4.85. The van der Waals surface area contributed by atoms with Crippen molar-refractivity contribution in [3.05, 3.63) is 0 Å². The van der Waals surface area contributed by atoms with E-state index >= 15 is 0 Å². The summed E-state index contributed by atoms with van der Waals surface area (Å²) in [5.41, 5.74) is 0. The molecule has 0 aromatic carbocycles. The summed E-state index contributed by atoms with van der Waals surface area (Å²) in [5, 5.41) is 3.39. The van der Waals surface area contributed by atoms with E-state index in [9.17, 15) is 0 Å². The standard InChI is InChI=1S/C16H31N3/c1-2-14-3-9-19(10-4-14)16-5-7-18(8-6-16)13-15-11-17-12-15/h14-17H,2-13H2,1H3. The van der Waals surface area contributed by atoms with Crippen LogP contribution in [0.3, 0.4) is 0 Å². The van der Waals surface area contributed by atoms with Crippen LogP contribution in [0.5, 0.6) is 0 Å². The molecule has 3 heterocycles. The second-order valence-corrected chi connectivity index (χ2v) is 6.94. The molecule has 3 heteroatoms. The fraction of sp³-hybridized carbons (Fsp3) is 1.00. The maximum absolute atomic E-state index is 3.39. The van der Waals surface area contributed by atoms with Gasteiger partial charge < -0.3 is 15.1 Å². The minimum atomic E-state index is 0.897. The van der Waals surface area contributed by atoms with E-state index in [0.717, 1.165) is 17.9 Å². The van der Waals surface area contributed by atoms with Crippen molar-refractivity contribution in [1.29, 1.82) is 0 Å². The van der Waals surface area contributed by atoms with E-state index in [0.29, 0.717) is 0 Å². The van der Waals surface area contributed by atoms with Crippen LogP contribution in [0.1, 0.15) is 39.0 Å². The van der Waals surface area contributed by atoms with Gasteiger partial charge in [-0.3, -0.25) is 0 Å². The second kappa shape index (κ2) is 6.55. The lowest BCUT2D eigenvalue weighted by Gasteiger charge is -2.43. The lowest BCUT2D eigenvalue weighted by Crippen LogP contribution is -2.52.